The van der Waals surface area contributed by atoms with Crippen molar-refractivity contribution in [2.45, 2.75) is 81.7 Å². The van der Waals surface area contributed by atoms with E-state index < -0.39 is 15.7 Å². The van der Waals surface area contributed by atoms with E-state index in [0.717, 1.165) is 6.42 Å². The maximum Gasteiger partial charge on any atom is 0.253 e. The fourth-order valence-electron chi connectivity index (χ4n) is 5.85. The summed E-state index contributed by atoms with van der Waals surface area (Å²) in [6, 6.07) is 6.01. The monoisotopic (exact) mass is 514 g/mol. The van der Waals surface area contributed by atoms with Crippen LogP contribution in [-0.2, 0) is 9.84 Å². The summed E-state index contributed by atoms with van der Waals surface area (Å²) < 4.78 is 33.4. The minimum absolute atomic E-state index is 0.0984. The van der Waals surface area contributed by atoms with E-state index in [1.807, 2.05) is 4.90 Å². The minimum Gasteiger partial charge on any atom is -0.477 e. The normalized spacial score (nSPS) is 21.3. The van der Waals surface area contributed by atoms with Gasteiger partial charge in [-0.05, 0) is 50.2 Å². The molecule has 0 radical (unpaired) electrons. The van der Waals surface area contributed by atoms with Crippen LogP contribution >= 0.6 is 0 Å². The average molecular weight is 515 g/mol. The predicted octanol–water partition coefficient (Wildman–Crippen LogP) is 4.63. The summed E-state index contributed by atoms with van der Waals surface area (Å²) in [5, 5.41) is -0.181. The number of carbonyl (C=O) groups is 1. The summed E-state index contributed by atoms with van der Waals surface area (Å²) in [4.78, 5) is 23.1. The molecule has 4 rings (SSSR count). The highest BCUT2D eigenvalue weighted by molar-refractivity contribution is 7.91. The first-order valence-electron chi connectivity index (χ1n) is 12.9. The van der Waals surface area contributed by atoms with E-state index in [0.29, 0.717) is 36.7 Å². The zero-order valence-corrected chi connectivity index (χ0v) is 22.6. The fraction of sp³-hybridized carbons (Fsp3) is 0.593. The third-order valence-corrected chi connectivity index (χ3v) is 9.38. The zero-order valence-electron chi connectivity index (χ0n) is 21.7. The molecular formula is C27H38N4O4S. The van der Waals surface area contributed by atoms with Crippen LogP contribution in [0.25, 0.3) is 0 Å². The topological polar surface area (TPSA) is 115 Å². The SMILES string of the molecule is CC1CN(c2nccc(S(=O)(=O)c3cccc(OCC(C)C4CCCCC4)n3)c2C(N)=O)C(C)(C)C1. The number of pyridine rings is 2. The largest absolute Gasteiger partial charge is 0.477 e. The number of aromatic nitrogens is 2. The Morgan fingerprint density at radius 3 is 2.58 bits per heavy atom. The number of nitrogens with zero attached hydrogens (tertiary/aromatic N) is 3. The molecule has 36 heavy (non-hydrogen) atoms. The number of hydrogen-bond donors (Lipinski definition) is 1. The molecule has 2 aliphatic rings. The van der Waals surface area contributed by atoms with Crippen molar-refractivity contribution in [1.82, 2.24) is 9.97 Å². The lowest BCUT2D eigenvalue weighted by Gasteiger charge is -2.33. The van der Waals surface area contributed by atoms with Gasteiger partial charge in [-0.15, -0.1) is 0 Å². The van der Waals surface area contributed by atoms with E-state index in [1.165, 1.54) is 50.4 Å². The average Bonchev–Trinajstić information content (AvgIpc) is 3.14. The Kier molecular flexibility index (Phi) is 7.59. The summed E-state index contributed by atoms with van der Waals surface area (Å²) in [6.07, 6.45) is 8.53. The van der Waals surface area contributed by atoms with E-state index in [2.05, 4.69) is 37.7 Å². The van der Waals surface area contributed by atoms with Gasteiger partial charge in [0, 0.05) is 24.3 Å². The van der Waals surface area contributed by atoms with Crippen LogP contribution in [-0.4, -0.2) is 43.0 Å². The number of amides is 1. The Labute approximate surface area is 214 Å². The molecule has 1 amide bonds. The predicted molar refractivity (Wildman–Crippen MR) is 139 cm³/mol. The number of hydrogen-bond acceptors (Lipinski definition) is 7. The standard InChI is InChI=1S/C27H38N4O4S/c1-18-15-27(3,4)31(16-18)26-24(25(28)32)21(13-14-29-26)36(33,34)23-12-8-11-22(30-23)35-17-19(2)20-9-6-5-7-10-20/h8,11-14,18-20H,5-7,9-10,15-17H2,1-4H3,(H2,28,32). The minimum atomic E-state index is -4.16. The molecule has 196 valence electrons. The van der Waals surface area contributed by atoms with E-state index in [9.17, 15) is 13.2 Å². The summed E-state index contributed by atoms with van der Waals surface area (Å²) in [5.74, 6) is 1.07. The number of ether oxygens (including phenoxy) is 1. The third-order valence-electron chi connectivity index (χ3n) is 7.68. The summed E-state index contributed by atoms with van der Waals surface area (Å²) in [7, 11) is -4.16. The summed E-state index contributed by atoms with van der Waals surface area (Å²) in [6.45, 7) is 9.55. The lowest BCUT2D eigenvalue weighted by molar-refractivity contribution is 0.0997. The number of rotatable bonds is 8. The van der Waals surface area contributed by atoms with Crippen molar-refractivity contribution in [1.29, 1.82) is 0 Å². The molecule has 2 fully saturated rings. The Morgan fingerprint density at radius 1 is 1.22 bits per heavy atom. The van der Waals surface area contributed by atoms with Gasteiger partial charge in [0.2, 0.25) is 15.7 Å². The van der Waals surface area contributed by atoms with Crippen molar-refractivity contribution in [3.8, 4) is 5.88 Å². The molecule has 2 unspecified atom stereocenters. The van der Waals surface area contributed by atoms with Crippen LogP contribution in [0.2, 0.25) is 0 Å². The summed E-state index contributed by atoms with van der Waals surface area (Å²) in [5.41, 5.74) is 5.36. The van der Waals surface area contributed by atoms with E-state index in [4.69, 9.17) is 10.5 Å². The maximum atomic E-state index is 13.7. The van der Waals surface area contributed by atoms with Crippen LogP contribution in [0.4, 0.5) is 5.82 Å². The van der Waals surface area contributed by atoms with E-state index >= 15 is 0 Å². The second kappa shape index (κ2) is 10.4. The molecule has 0 bridgehead atoms. The molecule has 1 saturated carbocycles. The quantitative estimate of drug-likeness (QED) is 0.546. The molecule has 9 heteroatoms. The van der Waals surface area contributed by atoms with E-state index in [-0.39, 0.29) is 26.9 Å². The van der Waals surface area contributed by atoms with Crippen molar-refractivity contribution >= 4 is 21.6 Å². The molecule has 3 heterocycles. The van der Waals surface area contributed by atoms with Crippen LogP contribution in [0.1, 0.15) is 76.6 Å². The zero-order chi connectivity index (χ0) is 26.1. The van der Waals surface area contributed by atoms with Gasteiger partial charge in [-0.2, -0.15) is 0 Å². The Balaban J connectivity index is 1.63. The highest BCUT2D eigenvalue weighted by Crippen LogP contribution is 2.39. The van der Waals surface area contributed by atoms with Crippen LogP contribution in [0.15, 0.2) is 40.4 Å². The molecule has 2 aromatic heterocycles. The fourth-order valence-corrected chi connectivity index (χ4v) is 7.24. The lowest BCUT2D eigenvalue weighted by Crippen LogP contribution is -2.40. The van der Waals surface area contributed by atoms with Crippen molar-refractivity contribution in [2.24, 2.45) is 23.5 Å². The van der Waals surface area contributed by atoms with Gasteiger partial charge in [0.15, 0.2) is 5.03 Å². The number of carbonyl (C=O) groups excluding carboxylic acids is 1. The third kappa shape index (κ3) is 5.36. The van der Waals surface area contributed by atoms with Crippen molar-refractivity contribution < 1.29 is 17.9 Å². The Bertz CT molecular complexity index is 1210. The Hall–Kier alpha value is -2.68. The van der Waals surface area contributed by atoms with Crippen molar-refractivity contribution in [2.75, 3.05) is 18.1 Å². The second-order valence-corrected chi connectivity index (χ2v) is 13.0. The number of anilines is 1. The first kappa shape index (κ1) is 26.4. The van der Waals surface area contributed by atoms with Gasteiger partial charge in [0.05, 0.1) is 11.5 Å². The van der Waals surface area contributed by atoms with Gasteiger partial charge in [-0.25, -0.2) is 18.4 Å². The van der Waals surface area contributed by atoms with Gasteiger partial charge >= 0.3 is 0 Å². The van der Waals surface area contributed by atoms with Crippen LogP contribution in [0.5, 0.6) is 5.88 Å². The first-order chi connectivity index (χ1) is 17.0. The number of sulfone groups is 1. The molecule has 2 atom stereocenters. The lowest BCUT2D eigenvalue weighted by atomic mass is 9.81. The maximum absolute atomic E-state index is 13.7. The number of primary amides is 1. The molecule has 8 nitrogen and oxygen atoms in total. The molecule has 2 N–H and O–H groups in total. The van der Waals surface area contributed by atoms with Crippen LogP contribution < -0.4 is 15.4 Å². The first-order valence-corrected chi connectivity index (χ1v) is 14.4. The van der Waals surface area contributed by atoms with Gasteiger partial charge in [-0.3, -0.25) is 4.79 Å². The molecular weight excluding hydrogens is 476 g/mol. The molecule has 1 aliphatic heterocycles. The molecule has 2 aromatic rings. The van der Waals surface area contributed by atoms with Crippen molar-refractivity contribution in [3.05, 3.63) is 36.0 Å². The van der Waals surface area contributed by atoms with Gasteiger partial charge < -0.3 is 15.4 Å². The molecule has 0 spiro atoms. The van der Waals surface area contributed by atoms with Crippen LogP contribution in [0.3, 0.4) is 0 Å². The van der Waals surface area contributed by atoms with Gasteiger partial charge in [0.1, 0.15) is 11.4 Å². The van der Waals surface area contributed by atoms with Gasteiger partial charge in [-0.1, -0.05) is 52.0 Å². The Morgan fingerprint density at radius 2 is 1.94 bits per heavy atom. The van der Waals surface area contributed by atoms with Gasteiger partial charge in [0.25, 0.3) is 5.91 Å². The summed E-state index contributed by atoms with van der Waals surface area (Å²) >= 11 is 0. The van der Waals surface area contributed by atoms with Crippen molar-refractivity contribution in [3.63, 3.8) is 0 Å². The highest BCUT2D eigenvalue weighted by Gasteiger charge is 2.40. The molecule has 1 saturated heterocycles. The second-order valence-electron chi connectivity index (χ2n) is 11.1. The molecule has 0 aromatic carbocycles. The van der Waals surface area contributed by atoms with Crippen LogP contribution in [0, 0.1) is 17.8 Å². The molecule has 1 aliphatic carbocycles. The number of nitrogens with two attached hydrogens (primary N) is 1. The smallest absolute Gasteiger partial charge is 0.253 e. The van der Waals surface area contributed by atoms with E-state index in [1.54, 1.807) is 12.1 Å². The highest BCUT2D eigenvalue weighted by atomic mass is 32.2.